The average Bonchev–Trinajstić information content (AvgIpc) is 2.39. The Morgan fingerprint density at radius 2 is 2.00 bits per heavy atom. The largest absolute Gasteiger partial charge is 0.310 e. The van der Waals surface area contributed by atoms with Gasteiger partial charge in [0.05, 0.1) is 18.6 Å². The zero-order valence-electron chi connectivity index (χ0n) is 9.05. The van der Waals surface area contributed by atoms with Crippen molar-refractivity contribution in [2.45, 2.75) is 6.54 Å². The molecule has 1 aliphatic rings. The van der Waals surface area contributed by atoms with Crippen LogP contribution in [0.5, 0.6) is 0 Å². The number of hydrogen-bond donors (Lipinski definition) is 0. The summed E-state index contributed by atoms with van der Waals surface area (Å²) >= 11 is 0. The van der Waals surface area contributed by atoms with Gasteiger partial charge in [0.1, 0.15) is 0 Å². The second kappa shape index (κ2) is 3.97. The number of para-hydroxylation sites is 1. The van der Waals surface area contributed by atoms with Crippen LogP contribution in [0.25, 0.3) is 0 Å². The van der Waals surface area contributed by atoms with E-state index in [1.54, 1.807) is 23.5 Å². The summed E-state index contributed by atoms with van der Waals surface area (Å²) in [6, 6.07) is 10.8. The van der Waals surface area contributed by atoms with Crippen molar-refractivity contribution < 1.29 is 4.39 Å². The van der Waals surface area contributed by atoms with E-state index < -0.39 is 0 Å². The fourth-order valence-electron chi connectivity index (χ4n) is 1.84. The van der Waals surface area contributed by atoms with Gasteiger partial charge in [0, 0.05) is 6.20 Å². The fourth-order valence-corrected chi connectivity index (χ4v) is 1.84. The Morgan fingerprint density at radius 3 is 2.88 bits per heavy atom. The maximum atomic E-state index is 13.6. The molecule has 2 heterocycles. The first kappa shape index (κ1) is 9.96. The third-order valence-corrected chi connectivity index (χ3v) is 2.68. The Hall–Kier alpha value is -2.23. The Bertz CT molecular complexity index is 580. The third kappa shape index (κ3) is 1.78. The van der Waals surface area contributed by atoms with E-state index in [1.165, 1.54) is 6.07 Å². The zero-order chi connectivity index (χ0) is 11.7. The lowest BCUT2D eigenvalue weighted by atomic mass is 10.1. The molecular formula is C13H10FN3. The molecule has 0 saturated heterocycles. The molecule has 0 N–H and O–H groups in total. The molecule has 2 aromatic rings. The SMILES string of the molecule is Fc1cccnc1N1C=Nc2ccccc2C1. The lowest BCUT2D eigenvalue weighted by Crippen LogP contribution is -2.25. The van der Waals surface area contributed by atoms with Crippen molar-refractivity contribution in [1.82, 2.24) is 4.98 Å². The summed E-state index contributed by atoms with van der Waals surface area (Å²) in [5.41, 5.74) is 2.00. The first-order valence-corrected chi connectivity index (χ1v) is 5.34. The van der Waals surface area contributed by atoms with Crippen LogP contribution in [0.2, 0.25) is 0 Å². The summed E-state index contributed by atoms with van der Waals surface area (Å²) in [5.74, 6) is -0.0240. The highest BCUT2D eigenvalue weighted by Crippen LogP contribution is 2.26. The molecule has 0 bridgehead atoms. The lowest BCUT2D eigenvalue weighted by molar-refractivity contribution is 0.619. The Balaban J connectivity index is 1.98. The molecule has 1 aliphatic heterocycles. The highest BCUT2D eigenvalue weighted by molar-refractivity contribution is 5.82. The Labute approximate surface area is 98.3 Å². The van der Waals surface area contributed by atoms with E-state index in [1.807, 2.05) is 24.3 Å². The molecule has 1 aromatic carbocycles. The number of aliphatic imine (C=N–C) groups is 1. The number of hydrogen-bond acceptors (Lipinski definition) is 3. The minimum atomic E-state index is -0.335. The second-order valence-electron chi connectivity index (χ2n) is 3.81. The fraction of sp³-hybridized carbons (Fsp3) is 0.0769. The number of rotatable bonds is 1. The molecule has 0 unspecified atom stereocenters. The molecule has 0 aliphatic carbocycles. The van der Waals surface area contributed by atoms with Crippen molar-refractivity contribution in [3.8, 4) is 0 Å². The molecule has 1 aromatic heterocycles. The minimum Gasteiger partial charge on any atom is -0.310 e. The van der Waals surface area contributed by atoms with E-state index >= 15 is 0 Å². The van der Waals surface area contributed by atoms with Crippen molar-refractivity contribution in [2.24, 2.45) is 4.99 Å². The number of nitrogens with zero attached hydrogens (tertiary/aromatic N) is 3. The van der Waals surface area contributed by atoms with Gasteiger partial charge in [-0.3, -0.25) is 0 Å². The van der Waals surface area contributed by atoms with Crippen LogP contribution < -0.4 is 4.90 Å². The van der Waals surface area contributed by atoms with Crippen LogP contribution in [-0.4, -0.2) is 11.3 Å². The third-order valence-electron chi connectivity index (χ3n) is 2.68. The summed E-state index contributed by atoms with van der Waals surface area (Å²) in [5, 5.41) is 0. The lowest BCUT2D eigenvalue weighted by Gasteiger charge is -2.23. The van der Waals surface area contributed by atoms with Crippen LogP contribution in [0.1, 0.15) is 5.56 Å². The summed E-state index contributed by atoms with van der Waals surface area (Å²) < 4.78 is 13.6. The molecule has 84 valence electrons. The molecule has 4 heteroatoms. The number of aromatic nitrogens is 1. The monoisotopic (exact) mass is 227 g/mol. The maximum absolute atomic E-state index is 13.6. The van der Waals surface area contributed by atoms with Crippen LogP contribution in [-0.2, 0) is 6.54 Å². The van der Waals surface area contributed by atoms with Crippen LogP contribution in [0.15, 0.2) is 47.6 Å². The van der Waals surface area contributed by atoms with Gasteiger partial charge >= 0.3 is 0 Å². The molecule has 3 rings (SSSR count). The summed E-state index contributed by atoms with van der Waals surface area (Å²) in [6.45, 7) is 0.591. The Kier molecular flexibility index (Phi) is 2.33. The van der Waals surface area contributed by atoms with Crippen molar-refractivity contribution in [3.05, 3.63) is 54.0 Å². The Morgan fingerprint density at radius 1 is 1.12 bits per heavy atom. The summed E-state index contributed by atoms with van der Waals surface area (Å²) in [4.78, 5) is 10.0. The van der Waals surface area contributed by atoms with Gasteiger partial charge in [0.2, 0.25) is 0 Å². The average molecular weight is 227 g/mol. The van der Waals surface area contributed by atoms with Gasteiger partial charge in [-0.15, -0.1) is 0 Å². The van der Waals surface area contributed by atoms with Crippen LogP contribution >= 0.6 is 0 Å². The number of halogens is 1. The van der Waals surface area contributed by atoms with Gasteiger partial charge in [-0.2, -0.15) is 0 Å². The zero-order valence-corrected chi connectivity index (χ0v) is 9.05. The normalized spacial score (nSPS) is 13.6. The van der Waals surface area contributed by atoms with E-state index in [0.717, 1.165) is 11.3 Å². The predicted molar refractivity (Wildman–Crippen MR) is 65.0 cm³/mol. The van der Waals surface area contributed by atoms with Crippen molar-refractivity contribution >= 4 is 17.8 Å². The van der Waals surface area contributed by atoms with E-state index in [4.69, 9.17) is 0 Å². The summed E-state index contributed by atoms with van der Waals surface area (Å²) in [6.07, 6.45) is 3.19. The molecule has 0 spiro atoms. The van der Waals surface area contributed by atoms with E-state index in [2.05, 4.69) is 9.98 Å². The van der Waals surface area contributed by atoms with Crippen molar-refractivity contribution in [3.63, 3.8) is 0 Å². The molecule has 0 amide bonds. The van der Waals surface area contributed by atoms with Crippen molar-refractivity contribution in [1.29, 1.82) is 0 Å². The van der Waals surface area contributed by atoms with Crippen LogP contribution in [0, 0.1) is 5.82 Å². The smallest absolute Gasteiger partial charge is 0.170 e. The number of benzene rings is 1. The highest BCUT2D eigenvalue weighted by Gasteiger charge is 2.16. The van der Waals surface area contributed by atoms with Gasteiger partial charge in [-0.25, -0.2) is 14.4 Å². The van der Waals surface area contributed by atoms with Gasteiger partial charge in [0.15, 0.2) is 11.6 Å². The van der Waals surface area contributed by atoms with Crippen molar-refractivity contribution in [2.75, 3.05) is 4.90 Å². The van der Waals surface area contributed by atoms with Gasteiger partial charge in [0.25, 0.3) is 0 Å². The molecule has 17 heavy (non-hydrogen) atoms. The molecule has 0 saturated carbocycles. The van der Waals surface area contributed by atoms with Gasteiger partial charge in [-0.05, 0) is 23.8 Å². The second-order valence-corrected chi connectivity index (χ2v) is 3.81. The molecule has 3 nitrogen and oxygen atoms in total. The standard InChI is InChI=1S/C13H10FN3/c14-11-5-3-7-15-13(11)17-8-10-4-1-2-6-12(10)16-9-17/h1-7,9H,8H2. The quantitative estimate of drug-likeness (QED) is 0.749. The van der Waals surface area contributed by atoms with Crippen LogP contribution in [0.3, 0.4) is 0 Å². The number of fused-ring (bicyclic) bond motifs is 1. The number of pyridine rings is 1. The maximum Gasteiger partial charge on any atom is 0.170 e. The van der Waals surface area contributed by atoms with E-state index in [0.29, 0.717) is 12.4 Å². The molecule has 0 fully saturated rings. The first-order valence-electron chi connectivity index (χ1n) is 5.34. The predicted octanol–water partition coefficient (Wildman–Crippen LogP) is 2.90. The van der Waals surface area contributed by atoms with E-state index in [-0.39, 0.29) is 5.82 Å². The highest BCUT2D eigenvalue weighted by atomic mass is 19.1. The molecular weight excluding hydrogens is 217 g/mol. The van der Waals surface area contributed by atoms with E-state index in [9.17, 15) is 4.39 Å². The molecule has 0 atom stereocenters. The minimum absolute atomic E-state index is 0.311. The first-order chi connectivity index (χ1) is 8.34. The molecule has 0 radical (unpaired) electrons. The van der Waals surface area contributed by atoms with Crippen LogP contribution in [0.4, 0.5) is 15.9 Å². The van der Waals surface area contributed by atoms with Gasteiger partial charge < -0.3 is 4.90 Å². The van der Waals surface area contributed by atoms with Gasteiger partial charge in [-0.1, -0.05) is 18.2 Å². The summed E-state index contributed by atoms with van der Waals surface area (Å²) in [7, 11) is 0. The topological polar surface area (TPSA) is 28.5 Å². The number of anilines is 1.